The molecule has 0 saturated carbocycles. The van der Waals surface area contributed by atoms with Crippen molar-refractivity contribution in [2.75, 3.05) is 5.73 Å². The molecule has 0 radical (unpaired) electrons. The lowest BCUT2D eigenvalue weighted by atomic mass is 10.2. The summed E-state index contributed by atoms with van der Waals surface area (Å²) in [6.45, 7) is 2.01. The molecule has 0 bridgehead atoms. The first kappa shape index (κ1) is 14.7. The SMILES string of the molecule is Cc1ccc(-n2c(N)c(C#N)c3nc4ccccc4nc32)c(Br)c1. The van der Waals surface area contributed by atoms with Crippen molar-refractivity contribution >= 4 is 43.9 Å². The summed E-state index contributed by atoms with van der Waals surface area (Å²) in [5.74, 6) is 0.340. The highest BCUT2D eigenvalue weighted by atomic mass is 79.9. The Balaban J connectivity index is 2.17. The lowest BCUT2D eigenvalue weighted by molar-refractivity contribution is 1.09. The molecule has 24 heavy (non-hydrogen) atoms. The second-order valence-corrected chi connectivity index (χ2v) is 6.40. The summed E-state index contributed by atoms with van der Waals surface area (Å²) in [7, 11) is 0. The molecule has 0 saturated heterocycles. The van der Waals surface area contributed by atoms with E-state index in [1.807, 2.05) is 49.4 Å². The van der Waals surface area contributed by atoms with Crippen molar-refractivity contribution in [1.29, 1.82) is 5.26 Å². The summed E-state index contributed by atoms with van der Waals surface area (Å²) in [4.78, 5) is 9.30. The van der Waals surface area contributed by atoms with Gasteiger partial charge < -0.3 is 5.73 Å². The quantitative estimate of drug-likeness (QED) is 0.541. The molecule has 2 aromatic carbocycles. The second-order valence-electron chi connectivity index (χ2n) is 5.55. The average molecular weight is 378 g/mol. The monoisotopic (exact) mass is 377 g/mol. The summed E-state index contributed by atoms with van der Waals surface area (Å²) in [5, 5.41) is 9.54. The normalized spacial score (nSPS) is 11.0. The number of para-hydroxylation sites is 2. The standard InChI is InChI=1S/C18H12BrN5/c1-10-6-7-15(12(19)8-10)24-17(21)11(9-20)16-18(24)23-14-5-3-2-4-13(14)22-16/h2-8H,21H2,1H3. The van der Waals surface area contributed by atoms with E-state index in [0.717, 1.165) is 26.8 Å². The molecular formula is C18H12BrN5. The highest BCUT2D eigenvalue weighted by Crippen LogP contribution is 2.33. The van der Waals surface area contributed by atoms with Gasteiger partial charge in [-0.25, -0.2) is 9.97 Å². The Morgan fingerprint density at radius 2 is 1.83 bits per heavy atom. The van der Waals surface area contributed by atoms with E-state index in [9.17, 15) is 5.26 Å². The van der Waals surface area contributed by atoms with Gasteiger partial charge in [0.25, 0.3) is 0 Å². The number of rotatable bonds is 1. The van der Waals surface area contributed by atoms with Crippen LogP contribution in [0.3, 0.4) is 0 Å². The molecule has 0 amide bonds. The van der Waals surface area contributed by atoms with E-state index in [0.29, 0.717) is 22.5 Å². The van der Waals surface area contributed by atoms with Crippen molar-refractivity contribution in [3.8, 4) is 11.8 Å². The van der Waals surface area contributed by atoms with Crippen molar-refractivity contribution in [2.45, 2.75) is 6.92 Å². The summed E-state index contributed by atoms with van der Waals surface area (Å²) in [6, 6.07) is 15.7. The van der Waals surface area contributed by atoms with Crippen LogP contribution in [0.15, 0.2) is 46.9 Å². The molecule has 4 aromatic rings. The minimum absolute atomic E-state index is 0.340. The van der Waals surface area contributed by atoms with E-state index in [1.165, 1.54) is 0 Å². The van der Waals surface area contributed by atoms with Crippen molar-refractivity contribution in [2.24, 2.45) is 0 Å². The van der Waals surface area contributed by atoms with Gasteiger partial charge in [0.15, 0.2) is 5.65 Å². The summed E-state index contributed by atoms with van der Waals surface area (Å²) >= 11 is 3.58. The lowest BCUT2D eigenvalue weighted by Crippen LogP contribution is -2.02. The zero-order valence-electron chi connectivity index (χ0n) is 12.8. The summed E-state index contributed by atoms with van der Waals surface area (Å²) < 4.78 is 2.65. The molecule has 2 aromatic heterocycles. The van der Waals surface area contributed by atoms with Crippen LogP contribution >= 0.6 is 15.9 Å². The zero-order chi connectivity index (χ0) is 16.8. The van der Waals surface area contributed by atoms with E-state index in [-0.39, 0.29) is 0 Å². The van der Waals surface area contributed by atoms with Crippen LogP contribution in [0.1, 0.15) is 11.1 Å². The molecule has 0 aliphatic rings. The number of aryl methyl sites for hydroxylation is 1. The summed E-state index contributed by atoms with van der Waals surface area (Å²) in [5.41, 5.74) is 11.2. The summed E-state index contributed by atoms with van der Waals surface area (Å²) in [6.07, 6.45) is 0. The molecule has 0 spiro atoms. The number of hydrogen-bond acceptors (Lipinski definition) is 4. The van der Waals surface area contributed by atoms with Crippen LogP contribution in [0.2, 0.25) is 0 Å². The number of nitriles is 1. The number of aromatic nitrogens is 3. The Morgan fingerprint density at radius 1 is 1.12 bits per heavy atom. The molecule has 2 heterocycles. The Labute approximate surface area is 146 Å². The molecule has 0 aliphatic heterocycles. The highest BCUT2D eigenvalue weighted by molar-refractivity contribution is 9.10. The van der Waals surface area contributed by atoms with Gasteiger partial charge in [0.05, 0.1) is 16.7 Å². The van der Waals surface area contributed by atoms with Crippen molar-refractivity contribution in [3.05, 3.63) is 58.1 Å². The molecule has 2 N–H and O–H groups in total. The number of halogens is 1. The minimum Gasteiger partial charge on any atom is -0.384 e. The van der Waals surface area contributed by atoms with Crippen LogP contribution < -0.4 is 5.73 Å². The topological polar surface area (TPSA) is 80.5 Å². The molecule has 0 unspecified atom stereocenters. The lowest BCUT2D eigenvalue weighted by Gasteiger charge is -2.10. The van der Waals surface area contributed by atoms with E-state index in [1.54, 1.807) is 4.57 Å². The number of nitrogen functional groups attached to an aromatic ring is 1. The van der Waals surface area contributed by atoms with Crippen LogP contribution in [0.4, 0.5) is 5.82 Å². The Bertz CT molecular complexity index is 1150. The van der Waals surface area contributed by atoms with Crippen molar-refractivity contribution in [3.63, 3.8) is 0 Å². The molecule has 116 valence electrons. The van der Waals surface area contributed by atoms with Gasteiger partial charge >= 0.3 is 0 Å². The maximum Gasteiger partial charge on any atom is 0.167 e. The molecule has 6 heteroatoms. The van der Waals surface area contributed by atoms with Crippen LogP contribution in [-0.2, 0) is 0 Å². The van der Waals surface area contributed by atoms with Gasteiger partial charge in [0, 0.05) is 4.47 Å². The molecule has 0 aliphatic carbocycles. The Morgan fingerprint density at radius 3 is 2.50 bits per heavy atom. The van der Waals surface area contributed by atoms with Gasteiger partial charge in [-0.2, -0.15) is 5.26 Å². The van der Waals surface area contributed by atoms with Gasteiger partial charge in [-0.15, -0.1) is 0 Å². The number of nitrogens with zero attached hydrogens (tertiary/aromatic N) is 4. The first-order valence-electron chi connectivity index (χ1n) is 7.33. The minimum atomic E-state index is 0.340. The van der Waals surface area contributed by atoms with Crippen molar-refractivity contribution in [1.82, 2.24) is 14.5 Å². The number of nitrogens with two attached hydrogens (primary N) is 1. The predicted octanol–water partition coefficient (Wildman–Crippen LogP) is 4.10. The van der Waals surface area contributed by atoms with E-state index >= 15 is 0 Å². The van der Waals surface area contributed by atoms with Crippen LogP contribution in [-0.4, -0.2) is 14.5 Å². The highest BCUT2D eigenvalue weighted by Gasteiger charge is 2.20. The largest absolute Gasteiger partial charge is 0.384 e. The number of benzene rings is 2. The first-order valence-corrected chi connectivity index (χ1v) is 8.12. The number of hydrogen-bond donors (Lipinski definition) is 1. The van der Waals surface area contributed by atoms with Gasteiger partial charge in [-0.1, -0.05) is 18.2 Å². The molecule has 4 rings (SSSR count). The second kappa shape index (κ2) is 5.32. The van der Waals surface area contributed by atoms with Gasteiger partial charge in [-0.3, -0.25) is 4.57 Å². The Hall–Kier alpha value is -2.91. The van der Waals surface area contributed by atoms with Crippen molar-refractivity contribution < 1.29 is 0 Å². The maximum absolute atomic E-state index is 9.54. The van der Waals surface area contributed by atoms with Crippen LogP contribution in [0, 0.1) is 18.3 Å². The Kier molecular flexibility index (Phi) is 3.25. The van der Waals surface area contributed by atoms with E-state index < -0.39 is 0 Å². The van der Waals surface area contributed by atoms with Crippen LogP contribution in [0.5, 0.6) is 0 Å². The van der Waals surface area contributed by atoms with E-state index in [4.69, 9.17) is 10.7 Å². The average Bonchev–Trinajstić information content (AvgIpc) is 2.83. The van der Waals surface area contributed by atoms with E-state index in [2.05, 4.69) is 27.0 Å². The fourth-order valence-electron chi connectivity index (χ4n) is 2.81. The molecule has 0 fully saturated rings. The van der Waals surface area contributed by atoms with Crippen LogP contribution in [0.25, 0.3) is 27.9 Å². The third-order valence-corrected chi connectivity index (χ3v) is 4.59. The third kappa shape index (κ3) is 2.06. The molecule has 5 nitrogen and oxygen atoms in total. The zero-order valence-corrected chi connectivity index (χ0v) is 14.4. The third-order valence-electron chi connectivity index (χ3n) is 3.95. The van der Waals surface area contributed by atoms with Gasteiger partial charge in [0.1, 0.15) is 23.0 Å². The van der Waals surface area contributed by atoms with Gasteiger partial charge in [-0.05, 0) is 52.7 Å². The first-order chi connectivity index (χ1) is 11.6. The number of fused-ring (bicyclic) bond motifs is 2. The molecule has 0 atom stereocenters. The van der Waals surface area contributed by atoms with Gasteiger partial charge in [0.2, 0.25) is 0 Å². The fraction of sp³-hybridized carbons (Fsp3) is 0.0556. The fourth-order valence-corrected chi connectivity index (χ4v) is 3.48. The molecular weight excluding hydrogens is 366 g/mol. The predicted molar refractivity (Wildman–Crippen MR) is 97.9 cm³/mol. The maximum atomic E-state index is 9.54. The smallest absolute Gasteiger partial charge is 0.167 e. The number of anilines is 1.